The van der Waals surface area contributed by atoms with Gasteiger partial charge in [-0.1, -0.05) is 29.8 Å². The smallest absolute Gasteiger partial charge is 0.226 e. The molecule has 1 amide bonds. The van der Waals surface area contributed by atoms with Crippen LogP contribution in [0.25, 0.3) is 0 Å². The van der Waals surface area contributed by atoms with Crippen LogP contribution in [0.4, 0.5) is 0 Å². The van der Waals surface area contributed by atoms with Crippen LogP contribution in [0.5, 0.6) is 0 Å². The van der Waals surface area contributed by atoms with Crippen LogP contribution in [0.2, 0.25) is 5.02 Å². The number of piperidine rings is 1. The van der Waals surface area contributed by atoms with Gasteiger partial charge in [0.2, 0.25) is 5.91 Å². The summed E-state index contributed by atoms with van der Waals surface area (Å²) in [6, 6.07) is 7.80. The molecule has 1 saturated heterocycles. The third kappa shape index (κ3) is 3.42. The third-order valence-corrected chi connectivity index (χ3v) is 5.47. The molecule has 2 fully saturated rings. The molecule has 1 aromatic carbocycles. The monoisotopic (exact) mass is 342 g/mol. The highest BCUT2D eigenvalue weighted by Crippen LogP contribution is 2.59. The van der Waals surface area contributed by atoms with Crippen LogP contribution in [0.1, 0.15) is 31.7 Å². The molecule has 22 heavy (non-hydrogen) atoms. The minimum Gasteiger partial charge on any atom is -0.338 e. The van der Waals surface area contributed by atoms with Crippen molar-refractivity contribution in [1.29, 1.82) is 0 Å². The predicted molar refractivity (Wildman–Crippen MR) is 92.4 cm³/mol. The Hall–Kier alpha value is -0.770. The summed E-state index contributed by atoms with van der Waals surface area (Å²) in [6.45, 7) is 5.53. The fourth-order valence-electron chi connectivity index (χ4n) is 3.57. The van der Waals surface area contributed by atoms with Crippen LogP contribution < -0.4 is 5.32 Å². The van der Waals surface area contributed by atoms with E-state index in [0.29, 0.717) is 17.9 Å². The standard InChI is InChI=1S/C17H23ClN2O.ClH/c1-2-20(12-13-5-3-4-6-15(13)18)16(21)14-11-17(14)7-9-19-10-8-17;/h3-6,14,19H,2,7-12H2,1H3;1H. The second-order valence-corrected chi connectivity index (χ2v) is 6.72. The van der Waals surface area contributed by atoms with Crippen molar-refractivity contribution in [3.63, 3.8) is 0 Å². The molecular weight excluding hydrogens is 319 g/mol. The molecule has 5 heteroatoms. The second kappa shape index (κ2) is 7.20. The first kappa shape index (κ1) is 17.6. The quantitative estimate of drug-likeness (QED) is 0.908. The van der Waals surface area contributed by atoms with Gasteiger partial charge in [0.1, 0.15) is 0 Å². The Bertz CT molecular complexity index is 529. The van der Waals surface area contributed by atoms with Crippen LogP contribution >= 0.6 is 24.0 Å². The van der Waals surface area contributed by atoms with Gasteiger partial charge in [0, 0.05) is 24.0 Å². The van der Waals surface area contributed by atoms with Gasteiger partial charge in [0.15, 0.2) is 0 Å². The summed E-state index contributed by atoms with van der Waals surface area (Å²) < 4.78 is 0. The van der Waals surface area contributed by atoms with Crippen molar-refractivity contribution in [2.24, 2.45) is 11.3 Å². The summed E-state index contributed by atoms with van der Waals surface area (Å²) in [6.07, 6.45) is 3.37. The number of carbonyl (C=O) groups excluding carboxylic acids is 1. The van der Waals surface area contributed by atoms with E-state index in [2.05, 4.69) is 5.32 Å². The normalized spacial score (nSPS) is 22.0. The average molecular weight is 343 g/mol. The minimum absolute atomic E-state index is 0. The predicted octanol–water partition coefficient (Wildman–Crippen LogP) is 3.50. The van der Waals surface area contributed by atoms with Crippen LogP contribution in [-0.4, -0.2) is 30.4 Å². The Kier molecular flexibility index (Phi) is 5.76. The van der Waals surface area contributed by atoms with Gasteiger partial charge in [-0.3, -0.25) is 4.79 Å². The number of hydrogen-bond acceptors (Lipinski definition) is 2. The number of amides is 1. The number of benzene rings is 1. The summed E-state index contributed by atoms with van der Waals surface area (Å²) in [5, 5.41) is 4.13. The molecule has 1 aromatic rings. The minimum atomic E-state index is 0. The highest BCUT2D eigenvalue weighted by atomic mass is 35.5. The van der Waals surface area contributed by atoms with Crippen molar-refractivity contribution >= 4 is 29.9 Å². The maximum absolute atomic E-state index is 12.8. The Morgan fingerprint density at radius 2 is 2.05 bits per heavy atom. The van der Waals surface area contributed by atoms with E-state index in [-0.39, 0.29) is 18.3 Å². The van der Waals surface area contributed by atoms with Crippen molar-refractivity contribution in [3.8, 4) is 0 Å². The van der Waals surface area contributed by atoms with E-state index < -0.39 is 0 Å². The number of hydrogen-bond donors (Lipinski definition) is 1. The lowest BCUT2D eigenvalue weighted by molar-refractivity contribution is -0.134. The Morgan fingerprint density at radius 3 is 2.68 bits per heavy atom. The molecule has 1 atom stereocenters. The topological polar surface area (TPSA) is 32.3 Å². The van der Waals surface area contributed by atoms with E-state index >= 15 is 0 Å². The number of nitrogens with zero attached hydrogens (tertiary/aromatic N) is 1. The number of rotatable bonds is 4. The molecule has 0 radical (unpaired) electrons. The van der Waals surface area contributed by atoms with Gasteiger partial charge in [0.25, 0.3) is 0 Å². The first-order valence-corrected chi connectivity index (χ1v) is 8.27. The zero-order chi connectivity index (χ0) is 14.9. The van der Waals surface area contributed by atoms with E-state index in [0.717, 1.165) is 49.5 Å². The van der Waals surface area contributed by atoms with Crippen LogP contribution in [0.15, 0.2) is 24.3 Å². The first-order chi connectivity index (χ1) is 10.2. The van der Waals surface area contributed by atoms with Gasteiger partial charge in [-0.15, -0.1) is 12.4 Å². The summed E-state index contributed by atoms with van der Waals surface area (Å²) in [7, 11) is 0. The molecule has 3 rings (SSSR count). The molecular formula is C17H24Cl2N2O. The largest absolute Gasteiger partial charge is 0.338 e. The number of halogens is 2. The van der Waals surface area contributed by atoms with E-state index in [9.17, 15) is 4.79 Å². The molecule has 1 unspecified atom stereocenters. The van der Waals surface area contributed by atoms with Gasteiger partial charge in [-0.25, -0.2) is 0 Å². The molecule has 0 bridgehead atoms. The van der Waals surface area contributed by atoms with Crippen LogP contribution in [0.3, 0.4) is 0 Å². The molecule has 3 nitrogen and oxygen atoms in total. The lowest BCUT2D eigenvalue weighted by atomic mass is 9.91. The summed E-state index contributed by atoms with van der Waals surface area (Å²) >= 11 is 6.22. The zero-order valence-electron chi connectivity index (χ0n) is 13.0. The first-order valence-electron chi connectivity index (χ1n) is 7.89. The number of carbonyl (C=O) groups is 1. The molecule has 1 aliphatic heterocycles. The lowest BCUT2D eigenvalue weighted by Gasteiger charge is -2.26. The van der Waals surface area contributed by atoms with Crippen LogP contribution in [-0.2, 0) is 11.3 Å². The Labute approximate surface area is 143 Å². The maximum atomic E-state index is 12.8. The third-order valence-electron chi connectivity index (χ3n) is 5.10. The van der Waals surface area contributed by atoms with Crippen molar-refractivity contribution in [1.82, 2.24) is 10.2 Å². The molecule has 1 N–H and O–H groups in total. The van der Waals surface area contributed by atoms with Gasteiger partial charge < -0.3 is 10.2 Å². The van der Waals surface area contributed by atoms with E-state index in [4.69, 9.17) is 11.6 Å². The molecule has 2 aliphatic rings. The fourth-order valence-corrected chi connectivity index (χ4v) is 3.77. The molecule has 1 aliphatic carbocycles. The number of nitrogens with one attached hydrogen (secondary N) is 1. The lowest BCUT2D eigenvalue weighted by Crippen LogP contribution is -2.36. The van der Waals surface area contributed by atoms with Crippen molar-refractivity contribution in [3.05, 3.63) is 34.9 Å². The maximum Gasteiger partial charge on any atom is 0.226 e. The summed E-state index contributed by atoms with van der Waals surface area (Å²) in [5.41, 5.74) is 1.34. The fraction of sp³-hybridized carbons (Fsp3) is 0.588. The van der Waals surface area contributed by atoms with Gasteiger partial charge >= 0.3 is 0 Å². The Balaban J connectivity index is 0.00000176. The Morgan fingerprint density at radius 1 is 1.36 bits per heavy atom. The zero-order valence-corrected chi connectivity index (χ0v) is 14.6. The van der Waals surface area contributed by atoms with Gasteiger partial charge in [0.05, 0.1) is 0 Å². The highest BCUT2D eigenvalue weighted by Gasteiger charge is 2.58. The SMILES string of the molecule is CCN(Cc1ccccc1Cl)C(=O)C1CC12CCNCC2.Cl. The van der Waals surface area contributed by atoms with E-state index in [1.165, 1.54) is 0 Å². The summed E-state index contributed by atoms with van der Waals surface area (Å²) in [4.78, 5) is 14.7. The van der Waals surface area contributed by atoms with Crippen molar-refractivity contribution in [2.45, 2.75) is 32.7 Å². The van der Waals surface area contributed by atoms with Crippen LogP contribution in [0, 0.1) is 11.3 Å². The van der Waals surface area contributed by atoms with E-state index in [1.54, 1.807) is 0 Å². The van der Waals surface area contributed by atoms with Gasteiger partial charge in [-0.05, 0) is 56.3 Å². The molecule has 0 aromatic heterocycles. The molecule has 1 heterocycles. The highest BCUT2D eigenvalue weighted by molar-refractivity contribution is 6.31. The average Bonchev–Trinajstić information content (AvgIpc) is 3.19. The summed E-state index contributed by atoms with van der Waals surface area (Å²) in [5.74, 6) is 0.557. The molecule has 1 saturated carbocycles. The van der Waals surface area contributed by atoms with E-state index in [1.807, 2.05) is 36.1 Å². The van der Waals surface area contributed by atoms with Gasteiger partial charge in [-0.2, -0.15) is 0 Å². The van der Waals surface area contributed by atoms with Crippen molar-refractivity contribution < 1.29 is 4.79 Å². The molecule has 122 valence electrons. The van der Waals surface area contributed by atoms with Crippen molar-refractivity contribution in [2.75, 3.05) is 19.6 Å². The molecule has 1 spiro atoms. The second-order valence-electron chi connectivity index (χ2n) is 6.31.